The van der Waals surface area contributed by atoms with Crippen molar-refractivity contribution in [3.8, 4) is 0 Å². The molecule has 0 amide bonds. The zero-order valence-corrected chi connectivity index (χ0v) is 33.3. The van der Waals surface area contributed by atoms with Crippen LogP contribution in [-0.2, 0) is 0 Å². The predicted molar refractivity (Wildman–Crippen MR) is 230 cm³/mol. The van der Waals surface area contributed by atoms with Crippen LogP contribution in [0.2, 0.25) is 0 Å². The second kappa shape index (κ2) is 16.0. The van der Waals surface area contributed by atoms with Crippen molar-refractivity contribution in [1.82, 2.24) is 0 Å². The molecule has 0 spiro atoms. The molecule has 6 rings (SSSR count). The average Bonchev–Trinajstić information content (AvgIpc) is 3.19. The molecule has 0 atom stereocenters. The zero-order chi connectivity index (χ0) is 33.9. The molecule has 0 bridgehead atoms. The Kier molecular flexibility index (Phi) is 11.7. The van der Waals surface area contributed by atoms with Gasteiger partial charge < -0.3 is 0 Å². The molecule has 4 heteroatoms. The summed E-state index contributed by atoms with van der Waals surface area (Å²) in [6.45, 7) is 0. The molecular formula is C45H48Br2P2. The molecule has 252 valence electrons. The van der Waals surface area contributed by atoms with E-state index in [1.165, 1.54) is 76.8 Å². The Morgan fingerprint density at radius 3 is 0.592 bits per heavy atom. The quantitative estimate of drug-likeness (QED) is 0.0675. The van der Waals surface area contributed by atoms with Gasteiger partial charge in [-0.3, -0.25) is 0 Å². The van der Waals surface area contributed by atoms with Crippen molar-refractivity contribution >= 4 is 73.4 Å². The Bertz CT molecular complexity index is 1530. The first-order valence-electron chi connectivity index (χ1n) is 17.8. The van der Waals surface area contributed by atoms with Crippen LogP contribution in [-0.4, -0.2) is 12.3 Å². The van der Waals surface area contributed by atoms with E-state index in [-0.39, 0.29) is 0 Å². The molecule has 6 aromatic carbocycles. The molecular weight excluding hydrogens is 762 g/mol. The SMILES string of the molecule is BrP(CCCCCCCCCP(Br)(c1ccccc1)(c1ccccc1)c1ccccc1)(c1ccccc1)(c1ccccc1)c1ccccc1. The van der Waals surface area contributed by atoms with E-state index in [1.54, 1.807) is 0 Å². The van der Waals surface area contributed by atoms with E-state index in [2.05, 4.69) is 213 Å². The van der Waals surface area contributed by atoms with Crippen LogP contribution < -0.4 is 31.8 Å². The van der Waals surface area contributed by atoms with Crippen molar-refractivity contribution in [2.45, 2.75) is 44.9 Å². The summed E-state index contributed by atoms with van der Waals surface area (Å²) in [7, 11) is 0. The van der Waals surface area contributed by atoms with Gasteiger partial charge in [-0.15, -0.1) is 0 Å². The molecule has 0 aliphatic heterocycles. The van der Waals surface area contributed by atoms with Crippen molar-refractivity contribution < 1.29 is 0 Å². The van der Waals surface area contributed by atoms with Gasteiger partial charge in [0, 0.05) is 0 Å². The van der Waals surface area contributed by atoms with Crippen LogP contribution in [0.25, 0.3) is 0 Å². The Balaban J connectivity index is 1.14. The van der Waals surface area contributed by atoms with Gasteiger partial charge in [-0.05, 0) is 0 Å². The summed E-state index contributed by atoms with van der Waals surface area (Å²) in [4.78, 5) is 0. The summed E-state index contributed by atoms with van der Waals surface area (Å²) < 4.78 is 0. The third-order valence-corrected chi connectivity index (χ3v) is 30.5. The summed E-state index contributed by atoms with van der Waals surface area (Å²) in [6, 6.07) is 67.3. The fourth-order valence-corrected chi connectivity index (χ4v) is 23.3. The van der Waals surface area contributed by atoms with Crippen LogP contribution in [0.5, 0.6) is 0 Å². The van der Waals surface area contributed by atoms with Gasteiger partial charge in [0.1, 0.15) is 0 Å². The van der Waals surface area contributed by atoms with Crippen LogP contribution in [0.1, 0.15) is 44.9 Å². The number of rotatable bonds is 16. The molecule has 0 N–H and O–H groups in total. The number of unbranched alkanes of at least 4 members (excludes halogenated alkanes) is 6. The van der Waals surface area contributed by atoms with Crippen LogP contribution in [0, 0.1) is 0 Å². The maximum atomic E-state index is 4.63. The summed E-state index contributed by atoms with van der Waals surface area (Å²) in [6.07, 6.45) is 10.9. The summed E-state index contributed by atoms with van der Waals surface area (Å²) in [5, 5.41) is 2.81. The van der Waals surface area contributed by atoms with Gasteiger partial charge in [0.25, 0.3) is 0 Å². The molecule has 0 saturated heterocycles. The van der Waals surface area contributed by atoms with Gasteiger partial charge >= 0.3 is 313 Å². The molecule has 0 saturated carbocycles. The van der Waals surface area contributed by atoms with E-state index in [4.69, 9.17) is 0 Å². The Morgan fingerprint density at radius 2 is 0.408 bits per heavy atom. The maximum absolute atomic E-state index is 4.63. The first-order valence-corrected chi connectivity index (χ1v) is 26.7. The van der Waals surface area contributed by atoms with Gasteiger partial charge in [-0.25, -0.2) is 0 Å². The zero-order valence-electron chi connectivity index (χ0n) is 28.3. The monoisotopic (exact) mass is 808 g/mol. The van der Waals surface area contributed by atoms with Crippen molar-refractivity contribution in [3.63, 3.8) is 0 Å². The van der Waals surface area contributed by atoms with Gasteiger partial charge in [0.2, 0.25) is 0 Å². The average molecular weight is 811 g/mol. The van der Waals surface area contributed by atoms with Gasteiger partial charge in [0.15, 0.2) is 0 Å². The molecule has 0 fully saturated rings. The minimum atomic E-state index is -2.84. The molecule has 0 unspecified atom stereocenters. The molecule has 0 heterocycles. The van der Waals surface area contributed by atoms with Crippen molar-refractivity contribution in [2.75, 3.05) is 12.3 Å². The molecule has 0 aliphatic carbocycles. The van der Waals surface area contributed by atoms with E-state index in [0.717, 1.165) is 12.3 Å². The summed E-state index contributed by atoms with van der Waals surface area (Å²) >= 11 is 9.26. The van der Waals surface area contributed by atoms with Crippen LogP contribution in [0.3, 0.4) is 0 Å². The first kappa shape index (κ1) is 35.9. The van der Waals surface area contributed by atoms with E-state index in [9.17, 15) is 0 Å². The van der Waals surface area contributed by atoms with Crippen molar-refractivity contribution in [3.05, 3.63) is 182 Å². The second-order valence-corrected chi connectivity index (χ2v) is 31.4. The van der Waals surface area contributed by atoms with E-state index < -0.39 is 10.6 Å². The van der Waals surface area contributed by atoms with Crippen LogP contribution in [0.15, 0.2) is 182 Å². The molecule has 0 radical (unpaired) electrons. The molecule has 6 aromatic rings. The molecule has 0 nitrogen and oxygen atoms in total. The predicted octanol–water partition coefficient (Wildman–Crippen LogP) is 11.4. The number of hydrogen-bond donors (Lipinski definition) is 0. The minimum absolute atomic E-state index is 1.12. The topological polar surface area (TPSA) is 0 Å². The van der Waals surface area contributed by atoms with Crippen molar-refractivity contribution in [2.24, 2.45) is 0 Å². The third-order valence-electron chi connectivity index (χ3n) is 10.4. The third kappa shape index (κ3) is 7.05. The number of hydrogen-bond acceptors (Lipinski definition) is 0. The standard InChI is InChI=1S/C45H48Br2P2/c46-48(40-26-12-6-13-27-40,41-28-14-7-15-29-41,42-30-16-8-17-31-42)38-24-4-2-1-3-5-25-39-49(47,43-32-18-9-19-33-43,44-34-20-10-21-35-44)45-36-22-11-23-37-45/h6-23,26-37H,1-5,24-25,38-39H2. The number of benzene rings is 6. The van der Waals surface area contributed by atoms with Crippen LogP contribution in [0.4, 0.5) is 0 Å². The first-order chi connectivity index (χ1) is 24.0. The molecule has 0 aliphatic rings. The molecule has 49 heavy (non-hydrogen) atoms. The number of halogens is 2. The fourth-order valence-electron chi connectivity index (χ4n) is 7.80. The molecule has 0 aromatic heterocycles. The van der Waals surface area contributed by atoms with Crippen LogP contribution >= 0.6 is 41.6 Å². The summed E-state index contributed by atoms with van der Waals surface area (Å²) in [5.41, 5.74) is 0. The summed E-state index contributed by atoms with van der Waals surface area (Å²) in [5.74, 6) is 0. The van der Waals surface area contributed by atoms with Crippen molar-refractivity contribution in [1.29, 1.82) is 0 Å². The second-order valence-electron chi connectivity index (χ2n) is 13.3. The van der Waals surface area contributed by atoms with E-state index in [1.807, 2.05) is 0 Å². The van der Waals surface area contributed by atoms with Gasteiger partial charge in [-0.2, -0.15) is 0 Å². The Hall–Kier alpha value is -2.86. The van der Waals surface area contributed by atoms with Gasteiger partial charge in [0.05, 0.1) is 0 Å². The van der Waals surface area contributed by atoms with E-state index >= 15 is 0 Å². The fraction of sp³-hybridized carbons (Fsp3) is 0.200. The Morgan fingerprint density at radius 1 is 0.245 bits per heavy atom. The van der Waals surface area contributed by atoms with E-state index in [0.29, 0.717) is 0 Å². The van der Waals surface area contributed by atoms with Gasteiger partial charge in [-0.1, -0.05) is 0 Å². The normalized spacial score (nSPS) is 13.5. The Labute approximate surface area is 310 Å².